The van der Waals surface area contributed by atoms with Crippen molar-refractivity contribution in [3.8, 4) is 0 Å². The number of carbonyl (C=O) groups excluding carboxylic acids is 10. The molecule has 0 saturated heterocycles. The first-order valence-corrected chi connectivity index (χ1v) is 27.9. The van der Waals surface area contributed by atoms with Crippen LogP contribution < -0.4 is 31.9 Å². The van der Waals surface area contributed by atoms with Gasteiger partial charge in [0.1, 0.15) is 56.6 Å². The number of anilines is 6. The highest BCUT2D eigenvalue weighted by Gasteiger charge is 2.28. The number of ether oxygens (including phenoxy) is 4. The summed E-state index contributed by atoms with van der Waals surface area (Å²) in [7, 11) is 0. The van der Waals surface area contributed by atoms with Crippen LogP contribution in [0.5, 0.6) is 0 Å². The zero-order valence-electron chi connectivity index (χ0n) is 50.6. The molecule has 89 heavy (non-hydrogen) atoms. The molecule has 4 aromatic carbocycles. The van der Waals surface area contributed by atoms with E-state index in [0.29, 0.717) is 0 Å². The molecule has 6 amide bonds. The van der Waals surface area contributed by atoms with E-state index in [4.69, 9.17) is 30.5 Å². The second-order valence-electron chi connectivity index (χ2n) is 23.7. The molecule has 0 fully saturated rings. The Morgan fingerprint density at radius 1 is 0.303 bits per heavy atom. The predicted octanol–water partition coefficient (Wildman–Crippen LogP) is 11.9. The van der Waals surface area contributed by atoms with E-state index in [1.54, 1.807) is 132 Å². The Hall–Kier alpha value is -10.7. The SMILES string of the molecule is CC(C)(C)OC(=O)c1ccccc1NC(=O)c1cc(NC(=O)c2cc(Cl)cc(C(=O)Nc3cc(C(=O)Nc4ccccc4C(=O)OC(C)(C)C)nc(C(=O)Nc4ccccc4C(=O)OC(C)(C)C)c3)n2)cc(C(=O)Nc2ccccc2C(=O)OC(C)(C)C)n1. The van der Waals surface area contributed by atoms with Gasteiger partial charge in [-0.05, 0) is 168 Å². The molecule has 0 aliphatic carbocycles. The predicted molar refractivity (Wildman–Crippen MR) is 332 cm³/mol. The van der Waals surface area contributed by atoms with Gasteiger partial charge in [0.15, 0.2) is 0 Å². The number of nitrogens with one attached hydrogen (secondary N) is 6. The van der Waals surface area contributed by atoms with Gasteiger partial charge in [0, 0.05) is 16.4 Å². The third-order valence-electron chi connectivity index (χ3n) is 11.5. The van der Waals surface area contributed by atoms with Crippen molar-refractivity contribution in [2.75, 3.05) is 31.9 Å². The Balaban J connectivity index is 1.22. The number of rotatable bonds is 16. The first kappa shape index (κ1) is 65.9. The number of amides is 6. The van der Waals surface area contributed by atoms with E-state index in [-0.39, 0.29) is 61.4 Å². The molecule has 0 spiro atoms. The molecule has 0 unspecified atom stereocenters. The second kappa shape index (κ2) is 26.9. The van der Waals surface area contributed by atoms with Crippen molar-refractivity contribution in [1.29, 1.82) is 0 Å². The molecule has 0 saturated carbocycles. The molecule has 3 aromatic heterocycles. The van der Waals surface area contributed by atoms with Crippen LogP contribution in [0.25, 0.3) is 0 Å². The topological polar surface area (TPSA) is 318 Å². The molecule has 460 valence electrons. The van der Waals surface area contributed by atoms with Gasteiger partial charge in [-0.1, -0.05) is 60.1 Å². The van der Waals surface area contributed by atoms with Gasteiger partial charge >= 0.3 is 23.9 Å². The maximum Gasteiger partial charge on any atom is 0.340 e. The third-order valence-corrected chi connectivity index (χ3v) is 11.7. The van der Waals surface area contributed by atoms with E-state index >= 15 is 0 Å². The molecule has 24 heteroatoms. The Bertz CT molecular complexity index is 3530. The van der Waals surface area contributed by atoms with Crippen LogP contribution in [0.15, 0.2) is 133 Å². The third kappa shape index (κ3) is 18.7. The van der Waals surface area contributed by atoms with Crippen LogP contribution in [-0.2, 0) is 18.9 Å². The molecule has 0 radical (unpaired) electrons. The van der Waals surface area contributed by atoms with Crippen molar-refractivity contribution in [1.82, 2.24) is 15.0 Å². The van der Waals surface area contributed by atoms with Crippen molar-refractivity contribution in [3.05, 3.63) is 195 Å². The highest BCUT2D eigenvalue weighted by molar-refractivity contribution is 6.31. The monoisotopic (exact) mass is 1230 g/mol. The summed E-state index contributed by atoms with van der Waals surface area (Å²) in [4.78, 5) is 151. The van der Waals surface area contributed by atoms with Gasteiger partial charge in [-0.2, -0.15) is 0 Å². The summed E-state index contributed by atoms with van der Waals surface area (Å²) in [5, 5.41) is 15.4. The number of hydrogen-bond donors (Lipinski definition) is 6. The lowest BCUT2D eigenvalue weighted by Crippen LogP contribution is -2.26. The van der Waals surface area contributed by atoms with Crippen molar-refractivity contribution in [2.45, 2.75) is 105 Å². The fourth-order valence-corrected chi connectivity index (χ4v) is 8.16. The van der Waals surface area contributed by atoms with Crippen LogP contribution in [0.3, 0.4) is 0 Å². The Labute approximate surface area is 517 Å². The van der Waals surface area contributed by atoms with E-state index in [9.17, 15) is 47.9 Å². The molecule has 23 nitrogen and oxygen atoms in total. The van der Waals surface area contributed by atoms with Gasteiger partial charge < -0.3 is 50.8 Å². The van der Waals surface area contributed by atoms with Crippen molar-refractivity contribution < 1.29 is 66.9 Å². The normalized spacial score (nSPS) is 11.4. The maximum absolute atomic E-state index is 14.3. The molecule has 0 aliphatic rings. The van der Waals surface area contributed by atoms with Gasteiger partial charge in [-0.3, -0.25) is 28.8 Å². The molecular weight excluding hydrogens is 1170 g/mol. The first-order valence-electron chi connectivity index (χ1n) is 27.5. The summed E-state index contributed by atoms with van der Waals surface area (Å²) >= 11 is 6.54. The standard InChI is InChI=1S/C65H64ClN9O14/c1-62(2,3)86-58(82)38-21-13-17-25-42(38)72-54(78)48-31-36(32-49(70-48)55(79)73-43-26-18-14-22-39(43)59(83)87-63(4,5)6)67-52(76)46-29-35(66)30-47(69-46)53(77)68-37-33-50(56(80)74-44-27-19-15-23-40(44)60(84)88-64(7,8)9)71-51(34-37)57(81)75-45-28-20-16-24-41(45)61(85)89-65(10,11)12/h13-34H,1-12H3,(H,72,78)(H,73,79)(H,74,80)(H,75,81)(H,67,70,76)(H,68,71,77). The summed E-state index contributed by atoms with van der Waals surface area (Å²) in [5.74, 6) is -8.89. The van der Waals surface area contributed by atoms with Crippen LogP contribution in [-0.4, -0.2) is 96.7 Å². The van der Waals surface area contributed by atoms with E-state index in [1.807, 2.05) is 0 Å². The minimum absolute atomic E-state index is 0.0128. The van der Waals surface area contributed by atoms with Crippen molar-refractivity contribution >= 4 is 105 Å². The lowest BCUT2D eigenvalue weighted by atomic mass is 10.1. The highest BCUT2D eigenvalue weighted by Crippen LogP contribution is 2.28. The molecule has 0 bridgehead atoms. The van der Waals surface area contributed by atoms with Gasteiger partial charge in [0.2, 0.25) is 0 Å². The smallest absolute Gasteiger partial charge is 0.340 e. The fourth-order valence-electron chi connectivity index (χ4n) is 7.95. The van der Waals surface area contributed by atoms with Crippen molar-refractivity contribution in [2.24, 2.45) is 0 Å². The van der Waals surface area contributed by atoms with Crippen LogP contribution in [0.2, 0.25) is 5.02 Å². The highest BCUT2D eigenvalue weighted by atomic mass is 35.5. The molecule has 3 heterocycles. The minimum Gasteiger partial charge on any atom is -0.456 e. The molecule has 0 atom stereocenters. The zero-order chi connectivity index (χ0) is 65.3. The van der Waals surface area contributed by atoms with Gasteiger partial charge in [-0.25, -0.2) is 34.1 Å². The molecule has 6 N–H and O–H groups in total. The van der Waals surface area contributed by atoms with E-state index in [1.165, 1.54) is 48.5 Å². The van der Waals surface area contributed by atoms with E-state index in [2.05, 4.69) is 46.9 Å². The number of pyridine rings is 3. The molecule has 7 aromatic rings. The zero-order valence-corrected chi connectivity index (χ0v) is 51.4. The van der Waals surface area contributed by atoms with Gasteiger partial charge in [-0.15, -0.1) is 0 Å². The van der Waals surface area contributed by atoms with Crippen LogP contribution in [0, 0.1) is 0 Å². The summed E-state index contributed by atoms with van der Waals surface area (Å²) in [6.45, 7) is 20.0. The summed E-state index contributed by atoms with van der Waals surface area (Å²) in [6, 6.07) is 30.6. The number of aromatic nitrogens is 3. The minimum atomic E-state index is -1.03. The maximum atomic E-state index is 14.3. The quantitative estimate of drug-likeness (QED) is 0.0387. The van der Waals surface area contributed by atoms with Crippen LogP contribution in [0.1, 0.15) is 187 Å². The van der Waals surface area contributed by atoms with Gasteiger partial charge in [0.05, 0.1) is 45.0 Å². The lowest BCUT2D eigenvalue weighted by Gasteiger charge is -2.21. The number of esters is 4. The van der Waals surface area contributed by atoms with E-state index < -0.39 is 116 Å². The molecule has 7 rings (SSSR count). The number of nitrogens with zero attached hydrogens (tertiary/aromatic N) is 3. The Morgan fingerprint density at radius 3 is 0.708 bits per heavy atom. The Morgan fingerprint density at radius 2 is 0.494 bits per heavy atom. The fraction of sp³-hybridized carbons (Fsp3) is 0.246. The molecule has 0 aliphatic heterocycles. The summed E-state index contributed by atoms with van der Waals surface area (Å²) in [5.41, 5.74) is -6.78. The molecular formula is C65H64ClN9O14. The number of benzene rings is 4. The number of hydrogen-bond acceptors (Lipinski definition) is 17. The van der Waals surface area contributed by atoms with Crippen LogP contribution >= 0.6 is 11.6 Å². The largest absolute Gasteiger partial charge is 0.456 e. The van der Waals surface area contributed by atoms with Crippen molar-refractivity contribution in [3.63, 3.8) is 0 Å². The van der Waals surface area contributed by atoms with Gasteiger partial charge in [0.25, 0.3) is 35.4 Å². The summed E-state index contributed by atoms with van der Waals surface area (Å²) in [6.07, 6.45) is 0. The first-order chi connectivity index (χ1) is 41.6. The number of para-hydroxylation sites is 4. The number of halogens is 1. The Kier molecular flexibility index (Phi) is 19.9. The average molecular weight is 1230 g/mol. The number of carbonyl (C=O) groups is 10. The second-order valence-corrected chi connectivity index (χ2v) is 24.2. The lowest BCUT2D eigenvalue weighted by molar-refractivity contribution is 0.00580. The van der Waals surface area contributed by atoms with E-state index in [0.717, 1.165) is 36.4 Å². The van der Waals surface area contributed by atoms with Crippen LogP contribution in [0.4, 0.5) is 34.1 Å². The summed E-state index contributed by atoms with van der Waals surface area (Å²) < 4.78 is 22.2. The average Bonchev–Trinajstić information content (AvgIpc) is 2.28.